The van der Waals surface area contributed by atoms with Crippen LogP contribution in [-0.4, -0.2) is 31.1 Å². The summed E-state index contributed by atoms with van der Waals surface area (Å²) in [6.07, 6.45) is -0.519. The van der Waals surface area contributed by atoms with Crippen LogP contribution in [0.1, 0.15) is 10.4 Å². The molecule has 2 amide bonds. The molecule has 8 nitrogen and oxygen atoms in total. The summed E-state index contributed by atoms with van der Waals surface area (Å²) >= 11 is 5.93. The quantitative estimate of drug-likeness (QED) is 0.659. The molecule has 0 saturated heterocycles. The second-order valence-corrected chi connectivity index (χ2v) is 5.36. The van der Waals surface area contributed by atoms with Crippen LogP contribution in [0, 0.1) is 10.1 Å². The van der Waals surface area contributed by atoms with Crippen molar-refractivity contribution in [3.63, 3.8) is 0 Å². The molecule has 0 fully saturated rings. The zero-order valence-electron chi connectivity index (χ0n) is 13.4. The number of anilines is 2. The highest BCUT2D eigenvalue weighted by atomic mass is 35.5. The molecule has 9 heteroatoms. The fourth-order valence-electron chi connectivity index (χ4n) is 2.01. The number of nitro benzene ring substituents is 1. The van der Waals surface area contributed by atoms with Crippen LogP contribution in [0.3, 0.4) is 0 Å². The number of non-ortho nitro benzene ring substituents is 1. The molecule has 0 saturated carbocycles. The second kappa shape index (κ2) is 7.63. The summed E-state index contributed by atoms with van der Waals surface area (Å²) < 4.78 is 4.61. The van der Waals surface area contributed by atoms with Crippen LogP contribution in [0.5, 0.6) is 0 Å². The SMILES string of the molecule is COC(=O)N(C)c1ccc(NC(=O)c2ccc([N+](=O)[O-])cc2Cl)cc1. The van der Waals surface area contributed by atoms with Gasteiger partial charge in [-0.1, -0.05) is 11.6 Å². The Labute approximate surface area is 148 Å². The zero-order chi connectivity index (χ0) is 18.6. The Morgan fingerprint density at radius 2 is 1.84 bits per heavy atom. The summed E-state index contributed by atoms with van der Waals surface area (Å²) in [4.78, 5) is 35.1. The lowest BCUT2D eigenvalue weighted by atomic mass is 10.2. The Hall–Kier alpha value is -3.13. The van der Waals surface area contributed by atoms with Gasteiger partial charge in [-0.15, -0.1) is 0 Å². The van der Waals surface area contributed by atoms with E-state index in [1.807, 2.05) is 0 Å². The third kappa shape index (κ3) is 4.24. The van der Waals surface area contributed by atoms with Crippen LogP contribution < -0.4 is 10.2 Å². The molecule has 1 N–H and O–H groups in total. The molecule has 2 aromatic carbocycles. The van der Waals surface area contributed by atoms with Gasteiger partial charge in [-0.2, -0.15) is 0 Å². The van der Waals surface area contributed by atoms with E-state index in [9.17, 15) is 19.7 Å². The minimum Gasteiger partial charge on any atom is -0.452 e. The molecule has 25 heavy (non-hydrogen) atoms. The van der Waals surface area contributed by atoms with E-state index in [0.29, 0.717) is 11.4 Å². The fraction of sp³-hybridized carbons (Fsp3) is 0.125. The summed E-state index contributed by atoms with van der Waals surface area (Å²) in [7, 11) is 2.83. The number of carbonyl (C=O) groups is 2. The number of hydrogen-bond acceptors (Lipinski definition) is 5. The molecule has 2 aromatic rings. The molecule has 0 aliphatic rings. The van der Waals surface area contributed by atoms with E-state index in [1.54, 1.807) is 31.3 Å². The monoisotopic (exact) mass is 363 g/mol. The Morgan fingerprint density at radius 1 is 1.20 bits per heavy atom. The highest BCUT2D eigenvalue weighted by Crippen LogP contribution is 2.24. The van der Waals surface area contributed by atoms with Crippen LogP contribution >= 0.6 is 11.6 Å². The van der Waals surface area contributed by atoms with Gasteiger partial charge in [-0.05, 0) is 30.3 Å². The lowest BCUT2D eigenvalue weighted by Crippen LogP contribution is -2.25. The van der Waals surface area contributed by atoms with Gasteiger partial charge in [0, 0.05) is 30.6 Å². The smallest absolute Gasteiger partial charge is 0.413 e. The van der Waals surface area contributed by atoms with E-state index in [1.165, 1.54) is 24.1 Å². The van der Waals surface area contributed by atoms with E-state index in [0.717, 1.165) is 6.07 Å². The van der Waals surface area contributed by atoms with Gasteiger partial charge in [0.2, 0.25) is 0 Å². The van der Waals surface area contributed by atoms with Gasteiger partial charge in [0.15, 0.2) is 0 Å². The average Bonchev–Trinajstić information content (AvgIpc) is 2.60. The number of ether oxygens (including phenoxy) is 1. The number of methoxy groups -OCH3 is 1. The normalized spacial score (nSPS) is 10.0. The minimum atomic E-state index is -0.593. The van der Waals surface area contributed by atoms with Crippen molar-refractivity contribution in [1.82, 2.24) is 0 Å². The van der Waals surface area contributed by atoms with Crippen molar-refractivity contribution in [2.45, 2.75) is 0 Å². The van der Waals surface area contributed by atoms with E-state index < -0.39 is 16.9 Å². The van der Waals surface area contributed by atoms with Crippen LogP contribution in [-0.2, 0) is 4.74 Å². The standard InChI is InChI=1S/C16H14ClN3O5/c1-19(16(22)25-2)11-5-3-10(4-6-11)18-15(21)13-8-7-12(20(23)24)9-14(13)17/h3-9H,1-2H3,(H,18,21). The number of nitrogens with zero attached hydrogens (tertiary/aromatic N) is 2. The molecule has 2 rings (SSSR count). The minimum absolute atomic E-state index is 0.0197. The van der Waals surface area contributed by atoms with Crippen LogP contribution in [0.4, 0.5) is 21.9 Å². The Kier molecular flexibility index (Phi) is 5.56. The molecule has 0 bridgehead atoms. The first-order valence-corrected chi connectivity index (χ1v) is 7.38. The van der Waals surface area contributed by atoms with E-state index in [2.05, 4.69) is 10.1 Å². The highest BCUT2D eigenvalue weighted by molar-refractivity contribution is 6.34. The topological polar surface area (TPSA) is 102 Å². The third-order valence-corrected chi connectivity index (χ3v) is 3.68. The van der Waals surface area contributed by atoms with Crippen LogP contribution in [0.25, 0.3) is 0 Å². The molecule has 0 unspecified atom stereocenters. The maximum atomic E-state index is 12.2. The van der Waals surface area contributed by atoms with Gasteiger partial charge in [-0.25, -0.2) is 4.79 Å². The number of carbonyl (C=O) groups excluding carboxylic acids is 2. The van der Waals surface area contributed by atoms with Gasteiger partial charge in [-0.3, -0.25) is 19.8 Å². The van der Waals surface area contributed by atoms with Crippen molar-refractivity contribution < 1.29 is 19.2 Å². The van der Waals surface area contributed by atoms with Gasteiger partial charge in [0.1, 0.15) is 0 Å². The van der Waals surface area contributed by atoms with E-state index >= 15 is 0 Å². The molecule has 130 valence electrons. The summed E-state index contributed by atoms with van der Waals surface area (Å²) in [6, 6.07) is 10.1. The number of amides is 2. The first-order valence-electron chi connectivity index (χ1n) is 7.00. The number of halogens is 1. The van der Waals surface area contributed by atoms with Crippen molar-refractivity contribution in [1.29, 1.82) is 0 Å². The van der Waals surface area contributed by atoms with Gasteiger partial charge >= 0.3 is 6.09 Å². The molecule has 0 aromatic heterocycles. The van der Waals surface area contributed by atoms with Crippen LogP contribution in [0.15, 0.2) is 42.5 Å². The molecular formula is C16H14ClN3O5. The van der Waals surface area contributed by atoms with Gasteiger partial charge in [0.25, 0.3) is 11.6 Å². The molecule has 0 spiro atoms. The maximum Gasteiger partial charge on any atom is 0.413 e. The highest BCUT2D eigenvalue weighted by Gasteiger charge is 2.15. The van der Waals surface area contributed by atoms with Crippen molar-refractivity contribution in [2.24, 2.45) is 0 Å². The zero-order valence-corrected chi connectivity index (χ0v) is 14.1. The molecular weight excluding hydrogens is 350 g/mol. The first kappa shape index (κ1) is 18.2. The van der Waals surface area contributed by atoms with E-state index in [-0.39, 0.29) is 16.3 Å². The van der Waals surface area contributed by atoms with Crippen molar-refractivity contribution >= 4 is 40.7 Å². The molecule has 0 aliphatic carbocycles. The molecule has 0 aliphatic heterocycles. The van der Waals surface area contributed by atoms with Crippen LogP contribution in [0.2, 0.25) is 5.02 Å². The predicted octanol–water partition coefficient (Wildman–Crippen LogP) is 3.70. The molecule has 0 atom stereocenters. The maximum absolute atomic E-state index is 12.2. The summed E-state index contributed by atoms with van der Waals surface area (Å²) in [5, 5.41) is 13.3. The number of nitrogens with one attached hydrogen (secondary N) is 1. The summed E-state index contributed by atoms with van der Waals surface area (Å²) in [5.41, 5.74) is 0.972. The van der Waals surface area contributed by atoms with Gasteiger partial charge < -0.3 is 10.1 Å². The van der Waals surface area contributed by atoms with E-state index in [4.69, 9.17) is 11.6 Å². The fourth-order valence-corrected chi connectivity index (χ4v) is 2.27. The third-order valence-electron chi connectivity index (χ3n) is 3.37. The largest absolute Gasteiger partial charge is 0.452 e. The molecule has 0 heterocycles. The Bertz CT molecular complexity index is 823. The second-order valence-electron chi connectivity index (χ2n) is 4.95. The number of hydrogen-bond donors (Lipinski definition) is 1. The summed E-state index contributed by atoms with van der Waals surface area (Å²) in [6.45, 7) is 0. The average molecular weight is 364 g/mol. The lowest BCUT2D eigenvalue weighted by molar-refractivity contribution is -0.384. The number of benzene rings is 2. The summed E-state index contributed by atoms with van der Waals surface area (Å²) in [5.74, 6) is -0.506. The lowest BCUT2D eigenvalue weighted by Gasteiger charge is -2.16. The van der Waals surface area contributed by atoms with Crippen molar-refractivity contribution in [3.8, 4) is 0 Å². The Morgan fingerprint density at radius 3 is 2.36 bits per heavy atom. The predicted molar refractivity (Wildman–Crippen MR) is 93.3 cm³/mol. The first-order chi connectivity index (χ1) is 11.8. The van der Waals surface area contributed by atoms with Gasteiger partial charge in [0.05, 0.1) is 22.6 Å². The van der Waals surface area contributed by atoms with Crippen molar-refractivity contribution in [3.05, 3.63) is 63.2 Å². The van der Waals surface area contributed by atoms with Crippen molar-refractivity contribution in [2.75, 3.05) is 24.4 Å². The molecule has 0 radical (unpaired) electrons. The number of rotatable bonds is 4. The Balaban J connectivity index is 2.13. The number of nitro groups is 1.